The summed E-state index contributed by atoms with van der Waals surface area (Å²) in [5, 5.41) is 3.95. The minimum absolute atomic E-state index is 0.476. The Kier molecular flexibility index (Phi) is 3.31. The quantitative estimate of drug-likeness (QED) is 0.740. The van der Waals surface area contributed by atoms with Crippen molar-refractivity contribution in [3.8, 4) is 10.6 Å². The van der Waals surface area contributed by atoms with Gasteiger partial charge in [-0.15, -0.1) is 11.3 Å². The van der Waals surface area contributed by atoms with Crippen molar-refractivity contribution in [3.05, 3.63) is 39.9 Å². The smallest absolute Gasteiger partial charge is 0.123 e. The molecule has 0 bridgehead atoms. The fraction of sp³-hybridized carbons (Fsp3) is 0.308. The second-order valence-electron chi connectivity index (χ2n) is 4.19. The van der Waals surface area contributed by atoms with Crippen LogP contribution in [0.4, 0.5) is 0 Å². The minimum atomic E-state index is 0.476. The molecule has 0 aliphatic heterocycles. The number of hydrogen-bond donors (Lipinski definition) is 0. The van der Waals surface area contributed by atoms with Crippen LogP contribution in [-0.2, 0) is 0 Å². The average Bonchev–Trinajstić information content (AvgIpc) is 2.70. The Bertz CT molecular complexity index is 502. The molecule has 2 aromatic rings. The fourth-order valence-electron chi connectivity index (χ4n) is 1.50. The highest BCUT2D eigenvalue weighted by molar-refractivity contribution is 7.13. The Hall–Kier alpha value is -0.860. The molecule has 0 aliphatic rings. The lowest BCUT2D eigenvalue weighted by atomic mass is 10.1. The summed E-state index contributed by atoms with van der Waals surface area (Å²) in [6, 6.07) is 5.94. The van der Waals surface area contributed by atoms with Gasteiger partial charge in [0.1, 0.15) is 5.01 Å². The molecule has 1 aromatic heterocycles. The van der Waals surface area contributed by atoms with Gasteiger partial charge in [0.25, 0.3) is 0 Å². The fourth-order valence-corrected chi connectivity index (χ4v) is 2.73. The number of hydrogen-bond acceptors (Lipinski definition) is 2. The highest BCUT2D eigenvalue weighted by Gasteiger charge is 2.09. The molecular formula is C13H14ClNS. The summed E-state index contributed by atoms with van der Waals surface area (Å²) >= 11 is 7.70. The van der Waals surface area contributed by atoms with Crippen LogP contribution in [0, 0.1) is 6.92 Å². The predicted molar refractivity (Wildman–Crippen MR) is 71.4 cm³/mol. The molecule has 0 saturated heterocycles. The first-order chi connectivity index (χ1) is 7.58. The van der Waals surface area contributed by atoms with Gasteiger partial charge in [-0.25, -0.2) is 4.98 Å². The zero-order chi connectivity index (χ0) is 11.7. The SMILES string of the molecule is Cc1ccc(Cl)cc1-c1nc(C(C)C)cs1. The summed E-state index contributed by atoms with van der Waals surface area (Å²) in [5.74, 6) is 0.476. The van der Waals surface area contributed by atoms with E-state index in [1.807, 2.05) is 18.2 Å². The molecule has 0 unspecified atom stereocenters. The van der Waals surface area contributed by atoms with Gasteiger partial charge < -0.3 is 0 Å². The third-order valence-electron chi connectivity index (χ3n) is 2.54. The first-order valence-corrected chi connectivity index (χ1v) is 6.55. The highest BCUT2D eigenvalue weighted by Crippen LogP contribution is 2.30. The standard InChI is InChI=1S/C13H14ClNS/c1-8(2)12-7-16-13(15-12)11-6-10(14)5-4-9(11)3/h4-8H,1-3H3. The predicted octanol–water partition coefficient (Wildman–Crippen LogP) is 4.90. The van der Waals surface area contributed by atoms with Gasteiger partial charge in [-0.3, -0.25) is 0 Å². The molecule has 0 fully saturated rings. The number of rotatable bonds is 2. The van der Waals surface area contributed by atoms with Crippen LogP contribution in [0.3, 0.4) is 0 Å². The molecule has 1 nitrogen and oxygen atoms in total. The van der Waals surface area contributed by atoms with E-state index < -0.39 is 0 Å². The van der Waals surface area contributed by atoms with Gasteiger partial charge in [-0.2, -0.15) is 0 Å². The first-order valence-electron chi connectivity index (χ1n) is 5.30. The molecule has 0 aliphatic carbocycles. The maximum Gasteiger partial charge on any atom is 0.123 e. The van der Waals surface area contributed by atoms with E-state index in [9.17, 15) is 0 Å². The number of halogens is 1. The van der Waals surface area contributed by atoms with Crippen molar-refractivity contribution in [1.29, 1.82) is 0 Å². The summed E-state index contributed by atoms with van der Waals surface area (Å²) in [5.41, 5.74) is 3.51. The van der Waals surface area contributed by atoms with Crippen LogP contribution in [0.5, 0.6) is 0 Å². The van der Waals surface area contributed by atoms with E-state index in [1.54, 1.807) is 11.3 Å². The Morgan fingerprint density at radius 2 is 2.06 bits per heavy atom. The van der Waals surface area contributed by atoms with Gasteiger partial charge in [0.15, 0.2) is 0 Å². The zero-order valence-corrected chi connectivity index (χ0v) is 11.2. The van der Waals surface area contributed by atoms with Crippen LogP contribution >= 0.6 is 22.9 Å². The molecule has 0 saturated carbocycles. The van der Waals surface area contributed by atoms with E-state index in [0.29, 0.717) is 5.92 Å². The third-order valence-corrected chi connectivity index (χ3v) is 3.67. The van der Waals surface area contributed by atoms with Gasteiger partial charge in [-0.05, 0) is 30.5 Å². The van der Waals surface area contributed by atoms with Gasteiger partial charge in [0, 0.05) is 16.0 Å². The molecule has 84 valence electrons. The second kappa shape index (κ2) is 4.56. The van der Waals surface area contributed by atoms with Crippen LogP contribution < -0.4 is 0 Å². The largest absolute Gasteiger partial charge is 0.241 e. The van der Waals surface area contributed by atoms with E-state index in [4.69, 9.17) is 11.6 Å². The molecule has 0 amide bonds. The molecular weight excluding hydrogens is 238 g/mol. The van der Waals surface area contributed by atoms with Crippen LogP contribution in [-0.4, -0.2) is 4.98 Å². The lowest BCUT2D eigenvalue weighted by Gasteiger charge is -2.03. The normalized spacial score (nSPS) is 11.1. The third kappa shape index (κ3) is 2.28. The summed E-state index contributed by atoms with van der Waals surface area (Å²) in [6.07, 6.45) is 0. The first kappa shape index (κ1) is 11.6. The maximum atomic E-state index is 6.01. The summed E-state index contributed by atoms with van der Waals surface area (Å²) < 4.78 is 0. The van der Waals surface area contributed by atoms with Crippen molar-refractivity contribution in [1.82, 2.24) is 4.98 Å². The highest BCUT2D eigenvalue weighted by atomic mass is 35.5. The summed E-state index contributed by atoms with van der Waals surface area (Å²) in [7, 11) is 0. The Morgan fingerprint density at radius 3 is 2.69 bits per heavy atom. The Morgan fingerprint density at radius 1 is 1.31 bits per heavy atom. The topological polar surface area (TPSA) is 12.9 Å². The molecule has 3 heteroatoms. The van der Waals surface area contributed by atoms with Gasteiger partial charge in [0.05, 0.1) is 5.69 Å². The van der Waals surface area contributed by atoms with Gasteiger partial charge in [-0.1, -0.05) is 31.5 Å². The van der Waals surface area contributed by atoms with Crippen molar-refractivity contribution in [3.63, 3.8) is 0 Å². The number of aromatic nitrogens is 1. The van der Waals surface area contributed by atoms with E-state index in [0.717, 1.165) is 21.3 Å². The van der Waals surface area contributed by atoms with E-state index in [2.05, 4.69) is 31.1 Å². The lowest BCUT2D eigenvalue weighted by Crippen LogP contribution is -1.88. The van der Waals surface area contributed by atoms with Crippen LogP contribution in [0.2, 0.25) is 5.02 Å². The van der Waals surface area contributed by atoms with Crippen LogP contribution in [0.1, 0.15) is 31.0 Å². The summed E-state index contributed by atoms with van der Waals surface area (Å²) in [6.45, 7) is 6.40. The summed E-state index contributed by atoms with van der Waals surface area (Å²) in [4.78, 5) is 4.64. The lowest BCUT2D eigenvalue weighted by molar-refractivity contribution is 0.834. The van der Waals surface area contributed by atoms with Crippen LogP contribution in [0.15, 0.2) is 23.6 Å². The molecule has 2 rings (SSSR count). The van der Waals surface area contributed by atoms with Crippen molar-refractivity contribution in [2.45, 2.75) is 26.7 Å². The number of thiazole rings is 1. The molecule has 1 heterocycles. The average molecular weight is 252 g/mol. The minimum Gasteiger partial charge on any atom is -0.241 e. The molecule has 0 atom stereocenters. The van der Waals surface area contributed by atoms with E-state index in [-0.39, 0.29) is 0 Å². The molecule has 1 aromatic carbocycles. The molecule has 0 N–H and O–H groups in total. The van der Waals surface area contributed by atoms with Crippen molar-refractivity contribution >= 4 is 22.9 Å². The Balaban J connectivity index is 2.46. The molecule has 0 radical (unpaired) electrons. The number of nitrogens with zero attached hydrogens (tertiary/aromatic N) is 1. The Labute approximate surface area is 105 Å². The van der Waals surface area contributed by atoms with Gasteiger partial charge >= 0.3 is 0 Å². The number of aryl methyl sites for hydroxylation is 1. The van der Waals surface area contributed by atoms with E-state index >= 15 is 0 Å². The van der Waals surface area contributed by atoms with Crippen molar-refractivity contribution in [2.24, 2.45) is 0 Å². The maximum absolute atomic E-state index is 6.01. The monoisotopic (exact) mass is 251 g/mol. The molecule has 16 heavy (non-hydrogen) atoms. The number of benzene rings is 1. The van der Waals surface area contributed by atoms with Crippen molar-refractivity contribution in [2.75, 3.05) is 0 Å². The van der Waals surface area contributed by atoms with Crippen molar-refractivity contribution < 1.29 is 0 Å². The van der Waals surface area contributed by atoms with E-state index in [1.165, 1.54) is 5.56 Å². The zero-order valence-electron chi connectivity index (χ0n) is 9.62. The van der Waals surface area contributed by atoms with Crippen LogP contribution in [0.25, 0.3) is 10.6 Å². The molecule has 0 spiro atoms. The second-order valence-corrected chi connectivity index (χ2v) is 5.49. The van der Waals surface area contributed by atoms with Gasteiger partial charge in [0.2, 0.25) is 0 Å².